The van der Waals surface area contributed by atoms with Crippen molar-refractivity contribution in [1.82, 2.24) is 10.6 Å². The highest BCUT2D eigenvalue weighted by atomic mass is 16.7. The van der Waals surface area contributed by atoms with Crippen LogP contribution in [0.4, 0.5) is 0 Å². The molecule has 3 aliphatic carbocycles. The van der Waals surface area contributed by atoms with E-state index in [1.165, 1.54) is 7.11 Å². The number of carbonyl (C=O) groups is 2. The Kier molecular flexibility index (Phi) is 9.71. The van der Waals surface area contributed by atoms with Crippen molar-refractivity contribution in [2.24, 2.45) is 17.3 Å². The highest BCUT2D eigenvalue weighted by Gasteiger charge is 2.68. The molecule has 5 atom stereocenters. The fourth-order valence-corrected chi connectivity index (χ4v) is 7.53. The fraction of sp³-hybridized carbons (Fsp3) is 0.600. The molecule has 4 aliphatic rings. The molecule has 3 saturated carbocycles. The Bertz CT molecular complexity index is 1380. The number of aliphatic hydroxyl groups excluding tert-OH is 1. The van der Waals surface area contributed by atoms with E-state index in [1.54, 1.807) is 6.07 Å². The van der Waals surface area contributed by atoms with Gasteiger partial charge < -0.3 is 34.5 Å². The van der Waals surface area contributed by atoms with E-state index in [4.69, 9.17) is 23.9 Å². The fourth-order valence-electron chi connectivity index (χ4n) is 7.53. The maximum absolute atomic E-state index is 13.6. The molecule has 10 heteroatoms. The zero-order valence-electron chi connectivity index (χ0n) is 27.8. The first-order valence-corrected chi connectivity index (χ1v) is 16.2. The molecular weight excluding hydrogens is 571 g/mol. The first-order chi connectivity index (χ1) is 21.2. The molecule has 2 aromatic rings. The third kappa shape index (κ3) is 7.09. The second-order valence-corrected chi connectivity index (χ2v) is 14.6. The van der Waals surface area contributed by atoms with Crippen LogP contribution in [0.3, 0.4) is 0 Å². The minimum absolute atomic E-state index is 0.0411. The largest absolute Gasteiger partial charge is 0.496 e. The lowest BCUT2D eigenvalue weighted by molar-refractivity contribution is -0.199. The van der Waals surface area contributed by atoms with E-state index in [1.807, 2.05) is 57.2 Å². The molecule has 1 amide bonds. The third-order valence-electron chi connectivity index (χ3n) is 10.0. The molecule has 0 spiro atoms. The quantitative estimate of drug-likeness (QED) is 0.183. The van der Waals surface area contributed by atoms with Crippen LogP contribution in [0.5, 0.6) is 5.75 Å². The number of carbonyl (C=O) groups excluding carboxylic acids is 2. The van der Waals surface area contributed by atoms with Crippen molar-refractivity contribution < 1.29 is 33.5 Å². The van der Waals surface area contributed by atoms with E-state index in [-0.39, 0.29) is 30.5 Å². The molecule has 1 heterocycles. The molecule has 9 nitrogen and oxygen atoms in total. The summed E-state index contributed by atoms with van der Waals surface area (Å²) in [6, 6.07) is 13.3. The number of esters is 1. The van der Waals surface area contributed by atoms with Gasteiger partial charge >= 0.3 is 13.1 Å². The number of para-hydroxylation sites is 1. The van der Waals surface area contributed by atoms with Crippen LogP contribution in [0, 0.1) is 17.3 Å². The average Bonchev–Trinajstić information content (AvgIpc) is 3.34. The second-order valence-electron chi connectivity index (χ2n) is 14.6. The number of nitrogens with one attached hydrogen (secondary N) is 2. The monoisotopic (exact) mass is 620 g/mol. The standard InChI is InChI=1S/C35H49BN2O7/c1-33(2,3)43-32(41)26-10-8-9-24(31(26)42-7)18-29(36-44-28-20-25-19-27(34(25,4)5)35(28,6)45-36)38-30(40)17-22-11-13-23(14-12-22)21-37-15-16-39/h8-14,25,27-29,37,39H,15-21H2,1-7H3,(H,38,40). The molecule has 0 radical (unpaired) electrons. The van der Waals surface area contributed by atoms with E-state index in [9.17, 15) is 9.59 Å². The van der Waals surface area contributed by atoms with Crippen LogP contribution in [0.1, 0.15) is 81.4 Å². The SMILES string of the molecule is COc1c(CC(NC(=O)Cc2ccc(CNCCO)cc2)B2OC3CC4CC(C4(C)C)C3(C)O2)cccc1C(=O)OC(C)(C)C. The smallest absolute Gasteiger partial charge is 0.482 e. The van der Waals surface area contributed by atoms with Gasteiger partial charge in [-0.05, 0) is 87.0 Å². The van der Waals surface area contributed by atoms with E-state index in [2.05, 4.69) is 31.4 Å². The van der Waals surface area contributed by atoms with Gasteiger partial charge in [-0.1, -0.05) is 50.2 Å². The number of aliphatic hydroxyl groups is 1. The number of hydrogen-bond acceptors (Lipinski definition) is 8. The summed E-state index contributed by atoms with van der Waals surface area (Å²) in [5, 5.41) is 15.4. The lowest BCUT2D eigenvalue weighted by Crippen LogP contribution is -2.65. The summed E-state index contributed by atoms with van der Waals surface area (Å²) in [6.07, 6.45) is 2.56. The van der Waals surface area contributed by atoms with E-state index in [0.717, 1.165) is 29.5 Å². The van der Waals surface area contributed by atoms with Gasteiger partial charge in [0.1, 0.15) is 16.9 Å². The van der Waals surface area contributed by atoms with Gasteiger partial charge in [0, 0.05) is 13.1 Å². The van der Waals surface area contributed by atoms with Crippen molar-refractivity contribution in [3.05, 3.63) is 64.7 Å². The lowest BCUT2D eigenvalue weighted by atomic mass is 9.43. The van der Waals surface area contributed by atoms with Gasteiger partial charge in [0.05, 0.1) is 37.8 Å². The van der Waals surface area contributed by atoms with Crippen molar-refractivity contribution in [2.45, 2.75) is 97.0 Å². The number of hydrogen-bond donors (Lipinski definition) is 3. The zero-order chi connectivity index (χ0) is 32.6. The van der Waals surface area contributed by atoms with Crippen LogP contribution < -0.4 is 15.4 Å². The topological polar surface area (TPSA) is 115 Å². The van der Waals surface area contributed by atoms with E-state index < -0.39 is 30.2 Å². The van der Waals surface area contributed by atoms with Crippen LogP contribution in [-0.4, -0.2) is 67.6 Å². The molecule has 1 aliphatic heterocycles. The number of benzene rings is 2. The van der Waals surface area contributed by atoms with Crippen LogP contribution in [0.15, 0.2) is 42.5 Å². The molecule has 0 aromatic heterocycles. The Morgan fingerprint density at radius 3 is 2.44 bits per heavy atom. The Labute approximate surface area is 267 Å². The maximum Gasteiger partial charge on any atom is 0.482 e. The van der Waals surface area contributed by atoms with Gasteiger partial charge in [-0.3, -0.25) is 4.79 Å². The number of ether oxygens (including phenoxy) is 2. The van der Waals surface area contributed by atoms with Crippen LogP contribution in [-0.2, 0) is 38.2 Å². The predicted molar refractivity (Wildman–Crippen MR) is 173 cm³/mol. The summed E-state index contributed by atoms with van der Waals surface area (Å²) in [4.78, 5) is 26.6. The maximum atomic E-state index is 13.6. The molecule has 2 bridgehead atoms. The van der Waals surface area contributed by atoms with Crippen LogP contribution in [0.2, 0.25) is 0 Å². The highest BCUT2D eigenvalue weighted by Crippen LogP contribution is 2.65. The van der Waals surface area contributed by atoms with E-state index in [0.29, 0.717) is 42.7 Å². The number of methoxy groups -OCH3 is 1. The van der Waals surface area contributed by atoms with Gasteiger partial charge in [-0.15, -0.1) is 0 Å². The average molecular weight is 621 g/mol. The van der Waals surface area contributed by atoms with Crippen molar-refractivity contribution in [2.75, 3.05) is 20.3 Å². The summed E-state index contributed by atoms with van der Waals surface area (Å²) in [5.74, 6) is 0.260. The van der Waals surface area contributed by atoms with Crippen molar-refractivity contribution >= 4 is 19.0 Å². The molecule has 3 N–H and O–H groups in total. The van der Waals surface area contributed by atoms with Crippen LogP contribution in [0.25, 0.3) is 0 Å². The first kappa shape index (κ1) is 33.4. The van der Waals surface area contributed by atoms with Gasteiger partial charge in [-0.25, -0.2) is 4.79 Å². The summed E-state index contributed by atoms with van der Waals surface area (Å²) >= 11 is 0. The molecular formula is C35H49BN2O7. The van der Waals surface area contributed by atoms with Gasteiger partial charge in [0.2, 0.25) is 5.91 Å². The molecule has 4 fully saturated rings. The summed E-state index contributed by atoms with van der Waals surface area (Å²) in [6.45, 7) is 13.6. The minimum Gasteiger partial charge on any atom is -0.496 e. The summed E-state index contributed by atoms with van der Waals surface area (Å²) < 4.78 is 24.9. The molecule has 5 unspecified atom stereocenters. The van der Waals surface area contributed by atoms with Gasteiger partial charge in [0.15, 0.2) is 0 Å². The predicted octanol–water partition coefficient (Wildman–Crippen LogP) is 4.27. The van der Waals surface area contributed by atoms with Crippen LogP contribution >= 0.6 is 0 Å². The highest BCUT2D eigenvalue weighted by molar-refractivity contribution is 6.48. The number of amides is 1. The Morgan fingerprint density at radius 1 is 1.09 bits per heavy atom. The first-order valence-electron chi connectivity index (χ1n) is 16.2. The van der Waals surface area contributed by atoms with Crippen molar-refractivity contribution in [1.29, 1.82) is 0 Å². The third-order valence-corrected chi connectivity index (χ3v) is 10.0. The molecule has 244 valence electrons. The Morgan fingerprint density at radius 2 is 1.80 bits per heavy atom. The van der Waals surface area contributed by atoms with Crippen molar-refractivity contribution in [3.8, 4) is 5.75 Å². The lowest BCUT2D eigenvalue weighted by Gasteiger charge is -2.64. The number of rotatable bonds is 12. The van der Waals surface area contributed by atoms with E-state index >= 15 is 0 Å². The minimum atomic E-state index is -0.658. The Balaban J connectivity index is 1.37. The Hall–Kier alpha value is -2.92. The molecule has 1 saturated heterocycles. The van der Waals surface area contributed by atoms with Crippen molar-refractivity contribution in [3.63, 3.8) is 0 Å². The zero-order valence-corrected chi connectivity index (χ0v) is 27.8. The summed E-state index contributed by atoms with van der Waals surface area (Å²) in [5.41, 5.74) is 2.14. The molecule has 45 heavy (non-hydrogen) atoms. The molecule has 2 aromatic carbocycles. The van der Waals surface area contributed by atoms with Gasteiger partial charge in [0.25, 0.3) is 0 Å². The normalized spacial score (nSPS) is 25.6. The van der Waals surface area contributed by atoms with Gasteiger partial charge in [-0.2, -0.15) is 0 Å². The second kappa shape index (κ2) is 13.1. The molecule has 6 rings (SSSR count). The summed E-state index contributed by atoms with van der Waals surface area (Å²) in [7, 11) is 0.880.